The second kappa shape index (κ2) is 9.22. The molecule has 0 bridgehead atoms. The molecule has 0 unspecified atom stereocenters. The molecule has 1 amide bonds. The fraction of sp³-hybridized carbons (Fsp3) is 0.500. The van der Waals surface area contributed by atoms with Crippen LogP contribution in [0.5, 0.6) is 0 Å². The third-order valence-electron chi connectivity index (χ3n) is 5.67. The topological polar surface area (TPSA) is 61.8 Å². The van der Waals surface area contributed by atoms with Crippen LogP contribution in [-0.2, 0) is 16.0 Å². The monoisotopic (exact) mass is 395 g/mol. The molecule has 4 rings (SSSR count). The average molecular weight is 396 g/mol. The van der Waals surface area contributed by atoms with Gasteiger partial charge in [0.1, 0.15) is 0 Å². The maximum Gasteiger partial charge on any atom is 0.223 e. The fourth-order valence-corrected chi connectivity index (χ4v) is 3.96. The molecule has 0 saturated carbocycles. The van der Waals surface area contributed by atoms with E-state index < -0.39 is 0 Å². The molecule has 29 heavy (non-hydrogen) atoms. The van der Waals surface area contributed by atoms with E-state index in [1.807, 2.05) is 11.1 Å². The molecule has 1 aromatic heterocycles. The predicted octanol–water partition coefficient (Wildman–Crippen LogP) is 1.90. The Morgan fingerprint density at radius 1 is 1.03 bits per heavy atom. The molecule has 0 spiro atoms. The maximum atomic E-state index is 12.6. The van der Waals surface area contributed by atoms with Crippen LogP contribution in [0.4, 0.5) is 11.5 Å². The van der Waals surface area contributed by atoms with Crippen LogP contribution in [0.15, 0.2) is 36.5 Å². The van der Waals surface area contributed by atoms with Crippen molar-refractivity contribution in [1.29, 1.82) is 0 Å². The van der Waals surface area contributed by atoms with Crippen LogP contribution in [0.25, 0.3) is 0 Å². The van der Waals surface area contributed by atoms with E-state index in [0.29, 0.717) is 6.42 Å². The number of carbonyl (C=O) groups is 1. The van der Waals surface area contributed by atoms with Gasteiger partial charge in [0.25, 0.3) is 0 Å². The van der Waals surface area contributed by atoms with Crippen molar-refractivity contribution in [2.24, 2.45) is 0 Å². The van der Waals surface area contributed by atoms with Crippen molar-refractivity contribution in [3.05, 3.63) is 47.7 Å². The van der Waals surface area contributed by atoms with Gasteiger partial charge in [-0.05, 0) is 18.9 Å². The number of amides is 1. The molecule has 7 nitrogen and oxygen atoms in total. The van der Waals surface area contributed by atoms with Crippen LogP contribution in [0.3, 0.4) is 0 Å². The van der Waals surface area contributed by atoms with Gasteiger partial charge < -0.3 is 19.4 Å². The lowest BCUT2D eigenvalue weighted by atomic mass is 10.1. The third kappa shape index (κ3) is 5.03. The molecule has 2 saturated heterocycles. The number of aromatic nitrogens is 2. The molecule has 0 N–H and O–H groups in total. The number of piperazine rings is 1. The molecule has 154 valence electrons. The Hall–Kier alpha value is -2.67. The SMILES string of the molecule is Cc1cccc(CCC(=O)N2CCN(c3cnnc(N4CCOCC4)c3)CC2)c1. The largest absolute Gasteiger partial charge is 0.378 e. The van der Waals surface area contributed by atoms with Crippen molar-refractivity contribution in [2.45, 2.75) is 19.8 Å². The molecule has 2 aliphatic rings. The van der Waals surface area contributed by atoms with Gasteiger partial charge in [-0.1, -0.05) is 29.8 Å². The number of hydrogen-bond acceptors (Lipinski definition) is 6. The zero-order valence-corrected chi connectivity index (χ0v) is 17.1. The first kappa shape index (κ1) is 19.6. The second-order valence-corrected chi connectivity index (χ2v) is 7.73. The van der Waals surface area contributed by atoms with Gasteiger partial charge in [0, 0.05) is 51.8 Å². The van der Waals surface area contributed by atoms with Gasteiger partial charge in [-0.3, -0.25) is 4.79 Å². The summed E-state index contributed by atoms with van der Waals surface area (Å²) in [5.41, 5.74) is 3.55. The number of rotatable bonds is 5. The van der Waals surface area contributed by atoms with Crippen LogP contribution in [0.2, 0.25) is 0 Å². The van der Waals surface area contributed by atoms with Crippen LogP contribution < -0.4 is 9.80 Å². The molecule has 1 aromatic carbocycles. The molecule has 0 aliphatic carbocycles. The molecular weight excluding hydrogens is 366 g/mol. The summed E-state index contributed by atoms with van der Waals surface area (Å²) in [4.78, 5) is 19.1. The Morgan fingerprint density at radius 2 is 1.83 bits per heavy atom. The summed E-state index contributed by atoms with van der Waals surface area (Å²) in [6.07, 6.45) is 3.19. The highest BCUT2D eigenvalue weighted by molar-refractivity contribution is 5.76. The quantitative estimate of drug-likeness (QED) is 0.771. The lowest BCUT2D eigenvalue weighted by Gasteiger charge is -2.36. The Bertz CT molecular complexity index is 829. The second-order valence-electron chi connectivity index (χ2n) is 7.73. The van der Waals surface area contributed by atoms with E-state index in [0.717, 1.165) is 70.4 Å². The summed E-state index contributed by atoms with van der Waals surface area (Å²) in [5.74, 6) is 1.15. The molecule has 2 fully saturated rings. The Morgan fingerprint density at radius 3 is 2.59 bits per heavy atom. The van der Waals surface area contributed by atoms with Crippen molar-refractivity contribution in [2.75, 3.05) is 62.3 Å². The summed E-state index contributed by atoms with van der Waals surface area (Å²) >= 11 is 0. The van der Waals surface area contributed by atoms with E-state index in [2.05, 4.69) is 57.3 Å². The molecule has 0 radical (unpaired) electrons. The molecule has 2 aromatic rings. The number of carbonyl (C=O) groups excluding carboxylic acids is 1. The zero-order valence-electron chi connectivity index (χ0n) is 17.1. The average Bonchev–Trinajstić information content (AvgIpc) is 2.78. The number of anilines is 2. The van der Waals surface area contributed by atoms with Crippen molar-refractivity contribution in [3.8, 4) is 0 Å². The summed E-state index contributed by atoms with van der Waals surface area (Å²) in [6, 6.07) is 10.5. The molecule has 3 heterocycles. The number of ether oxygens (including phenoxy) is 1. The fourth-order valence-electron chi connectivity index (χ4n) is 3.96. The minimum absolute atomic E-state index is 0.244. The lowest BCUT2D eigenvalue weighted by molar-refractivity contribution is -0.131. The maximum absolute atomic E-state index is 12.6. The van der Waals surface area contributed by atoms with E-state index >= 15 is 0 Å². The van der Waals surface area contributed by atoms with Gasteiger partial charge in [-0.25, -0.2) is 0 Å². The van der Waals surface area contributed by atoms with Crippen molar-refractivity contribution in [3.63, 3.8) is 0 Å². The van der Waals surface area contributed by atoms with Gasteiger partial charge in [0.2, 0.25) is 5.91 Å². The number of morpholine rings is 1. The van der Waals surface area contributed by atoms with Crippen LogP contribution in [-0.4, -0.2) is 73.5 Å². The highest BCUT2D eigenvalue weighted by atomic mass is 16.5. The molecular formula is C22H29N5O2. The minimum Gasteiger partial charge on any atom is -0.378 e. The predicted molar refractivity (Wildman–Crippen MR) is 113 cm³/mol. The van der Waals surface area contributed by atoms with Crippen molar-refractivity contribution in [1.82, 2.24) is 15.1 Å². The van der Waals surface area contributed by atoms with Gasteiger partial charge in [-0.15, -0.1) is 5.10 Å². The van der Waals surface area contributed by atoms with Gasteiger partial charge in [-0.2, -0.15) is 5.10 Å². The van der Waals surface area contributed by atoms with Crippen LogP contribution in [0, 0.1) is 6.92 Å². The number of benzene rings is 1. The number of hydrogen-bond donors (Lipinski definition) is 0. The van der Waals surface area contributed by atoms with Crippen molar-refractivity contribution >= 4 is 17.4 Å². The van der Waals surface area contributed by atoms with Crippen LogP contribution >= 0.6 is 0 Å². The Labute approximate surface area is 172 Å². The number of nitrogens with zero attached hydrogens (tertiary/aromatic N) is 5. The lowest BCUT2D eigenvalue weighted by Crippen LogP contribution is -2.49. The molecule has 2 aliphatic heterocycles. The van der Waals surface area contributed by atoms with E-state index in [1.165, 1.54) is 11.1 Å². The number of aryl methyl sites for hydroxylation is 2. The summed E-state index contributed by atoms with van der Waals surface area (Å²) in [5, 5.41) is 8.49. The first-order chi connectivity index (χ1) is 14.2. The highest BCUT2D eigenvalue weighted by Crippen LogP contribution is 2.21. The summed E-state index contributed by atoms with van der Waals surface area (Å²) in [7, 11) is 0. The Kier molecular flexibility index (Phi) is 6.24. The van der Waals surface area contributed by atoms with Gasteiger partial charge >= 0.3 is 0 Å². The van der Waals surface area contributed by atoms with Crippen molar-refractivity contribution < 1.29 is 9.53 Å². The van der Waals surface area contributed by atoms with E-state index in [9.17, 15) is 4.79 Å². The molecule has 0 atom stereocenters. The zero-order chi connectivity index (χ0) is 20.1. The van der Waals surface area contributed by atoms with Gasteiger partial charge in [0.15, 0.2) is 5.82 Å². The first-order valence-corrected chi connectivity index (χ1v) is 10.4. The smallest absolute Gasteiger partial charge is 0.223 e. The summed E-state index contributed by atoms with van der Waals surface area (Å²) in [6.45, 7) is 8.40. The van der Waals surface area contributed by atoms with E-state index in [-0.39, 0.29) is 5.91 Å². The van der Waals surface area contributed by atoms with Gasteiger partial charge in [0.05, 0.1) is 25.1 Å². The molecule has 7 heteroatoms. The van der Waals surface area contributed by atoms with Crippen LogP contribution in [0.1, 0.15) is 17.5 Å². The van der Waals surface area contributed by atoms with E-state index in [4.69, 9.17) is 4.74 Å². The minimum atomic E-state index is 0.244. The Balaban J connectivity index is 1.29. The first-order valence-electron chi connectivity index (χ1n) is 10.4. The standard InChI is InChI=1S/C22H29N5O2/c1-18-3-2-4-19(15-18)5-6-22(28)27-9-7-25(8-10-27)20-16-21(24-23-17-20)26-11-13-29-14-12-26/h2-4,15-17H,5-14H2,1H3. The third-order valence-corrected chi connectivity index (χ3v) is 5.67. The summed E-state index contributed by atoms with van der Waals surface area (Å²) < 4.78 is 5.42. The normalized spacial score (nSPS) is 17.5. The van der Waals surface area contributed by atoms with E-state index in [1.54, 1.807) is 0 Å². The highest BCUT2D eigenvalue weighted by Gasteiger charge is 2.22.